The van der Waals surface area contributed by atoms with E-state index in [0.717, 1.165) is 5.56 Å². The molecule has 50 heavy (non-hydrogen) atoms. The first-order valence-corrected chi connectivity index (χ1v) is 17.3. The molecule has 2 unspecified atom stereocenters. The molecule has 240 valence electrons. The van der Waals surface area contributed by atoms with Crippen molar-refractivity contribution in [1.29, 1.82) is 0 Å². The summed E-state index contributed by atoms with van der Waals surface area (Å²) in [7, 11) is 0. The van der Waals surface area contributed by atoms with Gasteiger partial charge in [0.1, 0.15) is 0 Å². The molecule has 4 N–H and O–H groups in total. The van der Waals surface area contributed by atoms with Crippen LogP contribution in [0.2, 0.25) is 0 Å². The van der Waals surface area contributed by atoms with Gasteiger partial charge in [-0.1, -0.05) is 170 Å². The highest BCUT2D eigenvalue weighted by atomic mass is 15.2. The lowest BCUT2D eigenvalue weighted by Gasteiger charge is -2.27. The van der Waals surface area contributed by atoms with Gasteiger partial charge in [-0.2, -0.15) is 0 Å². The summed E-state index contributed by atoms with van der Waals surface area (Å²) in [6.07, 6.45) is -0.549. The summed E-state index contributed by atoms with van der Waals surface area (Å²) in [6.45, 7) is 0.668. The van der Waals surface area contributed by atoms with Crippen molar-refractivity contribution in [3.8, 4) is 11.1 Å². The summed E-state index contributed by atoms with van der Waals surface area (Å²) >= 11 is 0. The number of nitrogens with two attached hydrogens (primary N) is 1. The van der Waals surface area contributed by atoms with Gasteiger partial charge in [-0.15, -0.1) is 0 Å². The van der Waals surface area contributed by atoms with E-state index >= 15 is 0 Å². The van der Waals surface area contributed by atoms with E-state index in [-0.39, 0.29) is 12.3 Å². The minimum atomic E-state index is -0.350. The van der Waals surface area contributed by atoms with Crippen LogP contribution in [0.25, 0.3) is 65.0 Å². The maximum Gasteiger partial charge on any atom is 0.0858 e. The second-order valence-electron chi connectivity index (χ2n) is 13.2. The first-order valence-electron chi connectivity index (χ1n) is 17.3. The molecule has 0 fully saturated rings. The van der Waals surface area contributed by atoms with E-state index in [1.54, 1.807) is 0 Å². The zero-order valence-electron chi connectivity index (χ0n) is 27.7. The Morgan fingerprint density at radius 2 is 1.08 bits per heavy atom. The topological polar surface area (TPSA) is 50.1 Å². The van der Waals surface area contributed by atoms with Gasteiger partial charge in [0, 0.05) is 6.54 Å². The Hall–Kier alpha value is -5.84. The highest BCUT2D eigenvalue weighted by molar-refractivity contribution is 6.20. The molecular formula is C47H37N3. The van der Waals surface area contributed by atoms with E-state index in [2.05, 4.69) is 168 Å². The molecule has 0 heterocycles. The molecule has 0 spiro atoms. The van der Waals surface area contributed by atoms with Gasteiger partial charge in [-0.05, 0) is 87.7 Å². The first-order chi connectivity index (χ1) is 24.7. The Labute approximate surface area is 292 Å². The quantitative estimate of drug-likeness (QED) is 0.0877. The number of benzene rings is 9. The van der Waals surface area contributed by atoms with Gasteiger partial charge in [0.05, 0.1) is 12.3 Å². The fraction of sp³-hybridized carbons (Fsp3) is 0.0638. The second kappa shape index (κ2) is 12.9. The molecule has 9 rings (SSSR count). The van der Waals surface area contributed by atoms with Crippen molar-refractivity contribution in [3.63, 3.8) is 0 Å². The van der Waals surface area contributed by atoms with Crippen LogP contribution in [-0.4, -0.2) is 0 Å². The van der Waals surface area contributed by atoms with E-state index in [1.807, 2.05) is 18.2 Å². The molecule has 9 aromatic rings. The van der Waals surface area contributed by atoms with Crippen molar-refractivity contribution in [1.82, 2.24) is 10.6 Å². The van der Waals surface area contributed by atoms with Crippen LogP contribution in [0.1, 0.15) is 29.0 Å². The van der Waals surface area contributed by atoms with Crippen LogP contribution in [0.4, 0.5) is 0 Å². The summed E-state index contributed by atoms with van der Waals surface area (Å²) in [5, 5.41) is 20.1. The van der Waals surface area contributed by atoms with Crippen LogP contribution in [-0.2, 0) is 6.54 Å². The number of nitrogens with one attached hydrogen (secondary N) is 2. The van der Waals surface area contributed by atoms with Crippen molar-refractivity contribution >= 4 is 53.9 Å². The van der Waals surface area contributed by atoms with E-state index in [0.29, 0.717) is 6.54 Å². The van der Waals surface area contributed by atoms with Crippen LogP contribution in [0.3, 0.4) is 0 Å². The average molecular weight is 644 g/mol. The number of fused-ring (bicyclic) bond motifs is 7. The van der Waals surface area contributed by atoms with Gasteiger partial charge in [0.2, 0.25) is 0 Å². The lowest BCUT2D eigenvalue weighted by Crippen LogP contribution is -2.39. The van der Waals surface area contributed by atoms with Crippen LogP contribution in [0, 0.1) is 0 Å². The molecular weight excluding hydrogens is 607 g/mol. The molecule has 0 radical (unpaired) electrons. The number of hydrogen-bond donors (Lipinski definition) is 3. The summed E-state index contributed by atoms with van der Waals surface area (Å²) in [5.41, 5.74) is 12.7. The molecule has 9 aromatic carbocycles. The molecule has 3 heteroatoms. The molecule has 0 aliphatic rings. The lowest BCUT2D eigenvalue weighted by molar-refractivity contribution is 0.388. The third-order valence-electron chi connectivity index (χ3n) is 10.1. The molecule has 0 saturated heterocycles. The molecule has 3 nitrogen and oxygen atoms in total. The van der Waals surface area contributed by atoms with Crippen LogP contribution in [0.5, 0.6) is 0 Å². The summed E-state index contributed by atoms with van der Waals surface area (Å²) < 4.78 is 0. The van der Waals surface area contributed by atoms with Crippen molar-refractivity contribution in [2.75, 3.05) is 0 Å². The van der Waals surface area contributed by atoms with E-state index in [4.69, 9.17) is 5.73 Å². The normalized spacial score (nSPS) is 13.0. The molecule has 0 amide bonds. The van der Waals surface area contributed by atoms with Gasteiger partial charge in [-0.25, -0.2) is 0 Å². The van der Waals surface area contributed by atoms with Crippen molar-refractivity contribution in [2.45, 2.75) is 18.9 Å². The summed E-state index contributed by atoms with van der Waals surface area (Å²) in [6, 6.07) is 63.2. The minimum absolute atomic E-state index is 0.199. The monoisotopic (exact) mass is 643 g/mol. The molecule has 0 saturated carbocycles. The highest BCUT2D eigenvalue weighted by Crippen LogP contribution is 2.39. The fourth-order valence-corrected chi connectivity index (χ4v) is 7.66. The standard InChI is InChI=1S/C47H37N3/c48-46(36-13-2-1-3-14-36)50-47(42-20-10-16-34-26-25-33-12-5-8-18-39(33)45(34)42)49-30-31-21-23-35(24-22-31)44-40-19-9-6-15-37(40)29-43-38-17-7-4-11-32(38)27-28-41(43)44/h1-29,46-47,49-50H,30,48H2. The van der Waals surface area contributed by atoms with Crippen LogP contribution in [0.15, 0.2) is 176 Å². The Morgan fingerprint density at radius 1 is 0.460 bits per heavy atom. The highest BCUT2D eigenvalue weighted by Gasteiger charge is 2.19. The Balaban J connectivity index is 1.09. The van der Waals surface area contributed by atoms with Gasteiger partial charge in [-0.3, -0.25) is 10.6 Å². The fourth-order valence-electron chi connectivity index (χ4n) is 7.66. The lowest BCUT2D eigenvalue weighted by atomic mass is 9.89. The predicted molar refractivity (Wildman–Crippen MR) is 212 cm³/mol. The first kappa shape index (κ1) is 30.2. The third kappa shape index (κ3) is 5.48. The Morgan fingerprint density at radius 3 is 1.88 bits per heavy atom. The Kier molecular flexibility index (Phi) is 7.79. The minimum Gasteiger partial charge on any atom is -0.312 e. The second-order valence-corrected chi connectivity index (χ2v) is 13.2. The van der Waals surface area contributed by atoms with Gasteiger partial charge in [0.15, 0.2) is 0 Å². The van der Waals surface area contributed by atoms with Crippen LogP contribution < -0.4 is 16.4 Å². The summed E-state index contributed by atoms with van der Waals surface area (Å²) in [4.78, 5) is 0. The predicted octanol–water partition coefficient (Wildman–Crippen LogP) is 11.2. The zero-order chi connectivity index (χ0) is 33.4. The SMILES string of the molecule is NC(NC(NCc1ccc(-c2c3ccccc3cc3c2ccc2ccccc23)cc1)c1cccc2ccc3ccccc3c12)c1ccccc1. The van der Waals surface area contributed by atoms with Gasteiger partial charge < -0.3 is 5.73 Å². The van der Waals surface area contributed by atoms with Crippen molar-refractivity contribution in [2.24, 2.45) is 5.73 Å². The molecule has 0 aliphatic carbocycles. The van der Waals surface area contributed by atoms with E-state index in [1.165, 1.54) is 76.1 Å². The molecule has 0 aliphatic heterocycles. The zero-order valence-corrected chi connectivity index (χ0v) is 27.7. The molecule has 0 bridgehead atoms. The maximum absolute atomic E-state index is 6.82. The molecule has 2 atom stereocenters. The van der Waals surface area contributed by atoms with Gasteiger partial charge in [0.25, 0.3) is 0 Å². The average Bonchev–Trinajstić information content (AvgIpc) is 3.18. The largest absolute Gasteiger partial charge is 0.312 e. The van der Waals surface area contributed by atoms with Crippen LogP contribution >= 0.6 is 0 Å². The Bertz CT molecular complexity index is 2640. The van der Waals surface area contributed by atoms with Crippen molar-refractivity contribution in [3.05, 3.63) is 193 Å². The molecule has 0 aromatic heterocycles. The number of hydrogen-bond acceptors (Lipinski definition) is 3. The third-order valence-corrected chi connectivity index (χ3v) is 10.1. The smallest absolute Gasteiger partial charge is 0.0858 e. The van der Waals surface area contributed by atoms with Gasteiger partial charge >= 0.3 is 0 Å². The summed E-state index contributed by atoms with van der Waals surface area (Å²) in [5.74, 6) is 0. The number of rotatable bonds is 8. The van der Waals surface area contributed by atoms with E-state index < -0.39 is 0 Å². The maximum atomic E-state index is 6.82. The van der Waals surface area contributed by atoms with Crippen molar-refractivity contribution < 1.29 is 0 Å². The van der Waals surface area contributed by atoms with E-state index in [9.17, 15) is 0 Å².